The van der Waals surface area contributed by atoms with Gasteiger partial charge in [0.15, 0.2) is 0 Å². The summed E-state index contributed by atoms with van der Waals surface area (Å²) in [6, 6.07) is 3.68. The van der Waals surface area contributed by atoms with Crippen LogP contribution in [0.5, 0.6) is 0 Å². The lowest BCUT2D eigenvalue weighted by Gasteiger charge is -2.28. The summed E-state index contributed by atoms with van der Waals surface area (Å²) in [5.41, 5.74) is 3.48. The molecule has 4 aromatic heterocycles. The Balaban J connectivity index is 1.53. The van der Waals surface area contributed by atoms with Crippen molar-refractivity contribution >= 4 is 22.6 Å². The van der Waals surface area contributed by atoms with Gasteiger partial charge in [-0.15, -0.1) is 6.58 Å². The fourth-order valence-corrected chi connectivity index (χ4v) is 5.90. The first-order valence-electron chi connectivity index (χ1n) is 13.9. The number of aromatic nitrogens is 6. The number of nitrogens with one attached hydrogen (secondary N) is 1. The molecule has 0 saturated heterocycles. The second-order valence-corrected chi connectivity index (χ2v) is 11.2. The molecule has 0 aromatic carbocycles. The molecule has 0 amide bonds. The standard InChI is InChI=1S/C29H33ClN6O4/c1-3-17-4-6-18(7-5-17)16-36-25-22(33-28(36)26(19-8-9-19)39-11-10-38-2)13-23(27-34-29(37)40-35-27)32-24(25)20-12-21(30)15-31-14-20/h3,12-15,17-19,26H,1,4-11,16H2,2H3,(H,34,35,37). The third-order valence-electron chi connectivity index (χ3n) is 7.97. The highest BCUT2D eigenvalue weighted by Gasteiger charge is 2.38. The van der Waals surface area contributed by atoms with Crippen molar-refractivity contribution < 1.29 is 14.0 Å². The monoisotopic (exact) mass is 564 g/mol. The molecule has 2 aliphatic rings. The summed E-state index contributed by atoms with van der Waals surface area (Å²) < 4.78 is 18.8. The van der Waals surface area contributed by atoms with E-state index in [4.69, 9.17) is 35.6 Å². The van der Waals surface area contributed by atoms with Gasteiger partial charge in [-0.25, -0.2) is 14.8 Å². The van der Waals surface area contributed by atoms with Crippen LogP contribution in [0.15, 0.2) is 46.5 Å². The molecule has 0 radical (unpaired) electrons. The zero-order valence-corrected chi connectivity index (χ0v) is 23.3. The van der Waals surface area contributed by atoms with Crippen LogP contribution in [0.2, 0.25) is 5.02 Å². The first-order valence-corrected chi connectivity index (χ1v) is 14.2. The number of nitrogens with zero attached hydrogens (tertiary/aromatic N) is 5. The van der Waals surface area contributed by atoms with Gasteiger partial charge in [-0.1, -0.05) is 22.8 Å². The van der Waals surface area contributed by atoms with Gasteiger partial charge in [0.2, 0.25) is 5.82 Å². The van der Waals surface area contributed by atoms with E-state index in [2.05, 4.69) is 32.3 Å². The summed E-state index contributed by atoms with van der Waals surface area (Å²) in [6.45, 7) is 5.81. The number of pyridine rings is 2. The Kier molecular flexibility index (Phi) is 7.82. The SMILES string of the molecule is C=CC1CCC(Cn2c(C(OCCOC)C3CC3)nc3cc(-c4noc(=O)[nH]4)nc(-c4cncc(Cl)c4)c32)CC1. The summed E-state index contributed by atoms with van der Waals surface area (Å²) in [4.78, 5) is 28.8. The van der Waals surface area contributed by atoms with Crippen LogP contribution in [0, 0.1) is 17.8 Å². The van der Waals surface area contributed by atoms with Crippen LogP contribution in [-0.4, -0.2) is 50.0 Å². The van der Waals surface area contributed by atoms with Gasteiger partial charge in [-0.2, -0.15) is 0 Å². The first kappa shape index (κ1) is 26.9. The maximum atomic E-state index is 11.8. The van der Waals surface area contributed by atoms with Gasteiger partial charge in [-0.05, 0) is 68.4 Å². The van der Waals surface area contributed by atoms with E-state index in [1.165, 1.54) is 0 Å². The third-order valence-corrected chi connectivity index (χ3v) is 8.18. The molecule has 2 aliphatic carbocycles. The number of fused-ring (bicyclic) bond motifs is 1. The molecule has 0 aliphatic heterocycles. The summed E-state index contributed by atoms with van der Waals surface area (Å²) in [5, 5.41) is 4.38. The van der Waals surface area contributed by atoms with Crippen molar-refractivity contribution in [3.63, 3.8) is 0 Å². The average molecular weight is 565 g/mol. The van der Waals surface area contributed by atoms with Crippen LogP contribution >= 0.6 is 11.6 Å². The summed E-state index contributed by atoms with van der Waals surface area (Å²) in [5.74, 6) is 1.95. The number of allylic oxidation sites excluding steroid dienone is 1. The lowest BCUT2D eigenvalue weighted by molar-refractivity contribution is -0.00140. The van der Waals surface area contributed by atoms with Crippen LogP contribution in [-0.2, 0) is 16.0 Å². The van der Waals surface area contributed by atoms with Crippen molar-refractivity contribution in [3.05, 3.63) is 58.6 Å². The van der Waals surface area contributed by atoms with E-state index in [1.54, 1.807) is 19.5 Å². The van der Waals surface area contributed by atoms with E-state index in [0.29, 0.717) is 47.4 Å². The van der Waals surface area contributed by atoms with E-state index < -0.39 is 5.76 Å². The van der Waals surface area contributed by atoms with Crippen molar-refractivity contribution in [1.82, 2.24) is 29.7 Å². The number of hydrogen-bond donors (Lipinski definition) is 1. The second-order valence-electron chi connectivity index (χ2n) is 10.8. The minimum Gasteiger partial charge on any atom is -0.382 e. The Morgan fingerprint density at radius 2 is 2.00 bits per heavy atom. The molecule has 210 valence electrons. The maximum Gasteiger partial charge on any atom is 0.439 e. The molecule has 2 fully saturated rings. The molecule has 0 spiro atoms. The Hall–Kier alpha value is -3.34. The second kappa shape index (κ2) is 11.6. The van der Waals surface area contributed by atoms with Crippen LogP contribution in [0.1, 0.15) is 50.5 Å². The van der Waals surface area contributed by atoms with E-state index >= 15 is 0 Å². The smallest absolute Gasteiger partial charge is 0.382 e. The molecule has 11 heteroatoms. The van der Waals surface area contributed by atoms with Crippen molar-refractivity contribution in [2.75, 3.05) is 20.3 Å². The fraction of sp³-hybridized carbons (Fsp3) is 0.483. The number of aromatic amines is 1. The third kappa shape index (κ3) is 5.61. The highest BCUT2D eigenvalue weighted by Crippen LogP contribution is 2.45. The summed E-state index contributed by atoms with van der Waals surface area (Å²) >= 11 is 6.38. The molecule has 1 N–H and O–H groups in total. The van der Waals surface area contributed by atoms with E-state index in [0.717, 1.165) is 67.5 Å². The van der Waals surface area contributed by atoms with Crippen molar-refractivity contribution in [1.29, 1.82) is 0 Å². The lowest BCUT2D eigenvalue weighted by atomic mass is 9.82. The summed E-state index contributed by atoms with van der Waals surface area (Å²) in [6.07, 6.45) is 12.0. The van der Waals surface area contributed by atoms with Crippen molar-refractivity contribution in [2.45, 2.75) is 51.2 Å². The Morgan fingerprint density at radius 1 is 1.18 bits per heavy atom. The number of halogens is 1. The van der Waals surface area contributed by atoms with E-state index in [1.807, 2.05) is 12.1 Å². The minimum absolute atomic E-state index is 0.160. The largest absolute Gasteiger partial charge is 0.439 e. The highest BCUT2D eigenvalue weighted by molar-refractivity contribution is 6.30. The lowest BCUT2D eigenvalue weighted by Crippen LogP contribution is -2.22. The maximum absolute atomic E-state index is 11.8. The molecule has 1 unspecified atom stereocenters. The number of imidazole rings is 1. The van der Waals surface area contributed by atoms with E-state index in [-0.39, 0.29) is 11.9 Å². The molecule has 10 nitrogen and oxygen atoms in total. The van der Waals surface area contributed by atoms with E-state index in [9.17, 15) is 4.79 Å². The number of rotatable bonds is 11. The fourth-order valence-electron chi connectivity index (χ4n) is 5.72. The van der Waals surface area contributed by atoms with Crippen LogP contribution in [0.3, 0.4) is 0 Å². The first-order chi connectivity index (χ1) is 19.5. The molecular formula is C29H33ClN6O4. The van der Waals surface area contributed by atoms with Crippen molar-refractivity contribution in [2.24, 2.45) is 17.8 Å². The van der Waals surface area contributed by atoms with Gasteiger partial charge in [0, 0.05) is 31.6 Å². The molecule has 40 heavy (non-hydrogen) atoms. The molecule has 4 aromatic rings. The normalized spacial score (nSPS) is 20.1. The zero-order valence-electron chi connectivity index (χ0n) is 22.5. The zero-order chi connectivity index (χ0) is 27.6. The van der Waals surface area contributed by atoms with Crippen molar-refractivity contribution in [3.8, 4) is 22.8 Å². The van der Waals surface area contributed by atoms with Gasteiger partial charge in [-0.3, -0.25) is 14.5 Å². The van der Waals surface area contributed by atoms with Gasteiger partial charge < -0.3 is 14.0 Å². The quantitative estimate of drug-likeness (QED) is 0.185. The van der Waals surface area contributed by atoms with Gasteiger partial charge >= 0.3 is 5.76 Å². The van der Waals surface area contributed by atoms with Gasteiger partial charge in [0.1, 0.15) is 17.6 Å². The number of hydrogen-bond acceptors (Lipinski definition) is 8. The topological polar surface area (TPSA) is 121 Å². The highest BCUT2D eigenvalue weighted by atomic mass is 35.5. The number of ether oxygens (including phenoxy) is 2. The molecule has 0 bridgehead atoms. The minimum atomic E-state index is -0.649. The Labute approximate surface area is 236 Å². The Morgan fingerprint density at radius 3 is 2.67 bits per heavy atom. The number of methoxy groups -OCH3 is 1. The Bertz CT molecular complexity index is 1550. The molecule has 1 atom stereocenters. The van der Waals surface area contributed by atoms with Crippen LogP contribution in [0.25, 0.3) is 33.8 Å². The summed E-state index contributed by atoms with van der Waals surface area (Å²) in [7, 11) is 1.68. The van der Waals surface area contributed by atoms with Gasteiger partial charge in [0.25, 0.3) is 0 Å². The molecule has 4 heterocycles. The predicted octanol–water partition coefficient (Wildman–Crippen LogP) is 5.60. The predicted molar refractivity (Wildman–Crippen MR) is 151 cm³/mol. The van der Waals surface area contributed by atoms with Gasteiger partial charge in [0.05, 0.1) is 35.0 Å². The number of H-pyrrole nitrogens is 1. The average Bonchev–Trinajstić information content (AvgIpc) is 3.62. The molecular weight excluding hydrogens is 532 g/mol. The van der Waals surface area contributed by atoms with Crippen LogP contribution in [0.4, 0.5) is 0 Å². The molecule has 2 saturated carbocycles. The molecule has 6 rings (SSSR count). The van der Waals surface area contributed by atoms with Crippen LogP contribution < -0.4 is 5.76 Å².